The molecule has 0 bridgehead atoms. The number of nitrogens with zero attached hydrogens (tertiary/aromatic N) is 2. The first-order valence-corrected chi connectivity index (χ1v) is 9.34. The molecule has 2 aromatic carbocycles. The fraction of sp³-hybridized carbons (Fsp3) is 0.273. The van der Waals surface area contributed by atoms with Gasteiger partial charge in [0.25, 0.3) is 5.91 Å². The van der Waals surface area contributed by atoms with Gasteiger partial charge in [0, 0.05) is 24.9 Å². The van der Waals surface area contributed by atoms with Crippen molar-refractivity contribution in [3.8, 4) is 28.4 Å². The molecule has 7 heteroatoms. The van der Waals surface area contributed by atoms with E-state index in [0.29, 0.717) is 34.9 Å². The number of benzene rings is 2. The standard InChI is InChI=1S/C22H25N3O4/c1-15(14-26)12-23-22(27)19-13-25(16-7-5-4-6-8-16)24-21(19)18-11-17(28-2)9-10-20(18)29-3/h4-11,13,15,26H,12,14H2,1-3H3,(H,23,27). The number of methoxy groups -OCH3 is 2. The highest BCUT2D eigenvalue weighted by molar-refractivity contribution is 6.00. The molecule has 1 unspecified atom stereocenters. The van der Waals surface area contributed by atoms with Gasteiger partial charge in [-0.2, -0.15) is 5.10 Å². The van der Waals surface area contributed by atoms with Crippen molar-refractivity contribution in [3.05, 3.63) is 60.3 Å². The van der Waals surface area contributed by atoms with E-state index in [1.54, 1.807) is 43.3 Å². The van der Waals surface area contributed by atoms with E-state index in [1.807, 2.05) is 37.3 Å². The molecule has 29 heavy (non-hydrogen) atoms. The number of hydrogen-bond donors (Lipinski definition) is 2. The van der Waals surface area contributed by atoms with E-state index >= 15 is 0 Å². The molecule has 0 spiro atoms. The second-order valence-corrected chi connectivity index (χ2v) is 6.74. The number of rotatable bonds is 8. The molecule has 0 radical (unpaired) electrons. The summed E-state index contributed by atoms with van der Waals surface area (Å²) in [7, 11) is 3.15. The van der Waals surface area contributed by atoms with E-state index in [-0.39, 0.29) is 18.4 Å². The first kappa shape index (κ1) is 20.4. The molecular formula is C22H25N3O4. The van der Waals surface area contributed by atoms with Gasteiger partial charge in [-0.25, -0.2) is 4.68 Å². The molecule has 1 atom stereocenters. The van der Waals surface area contributed by atoms with Crippen molar-refractivity contribution in [2.24, 2.45) is 5.92 Å². The van der Waals surface area contributed by atoms with Gasteiger partial charge in [0.1, 0.15) is 17.2 Å². The molecule has 7 nitrogen and oxygen atoms in total. The molecule has 0 saturated heterocycles. The Morgan fingerprint density at radius 2 is 1.93 bits per heavy atom. The second kappa shape index (κ2) is 9.25. The molecule has 1 aromatic heterocycles. The smallest absolute Gasteiger partial charge is 0.255 e. The molecule has 3 aromatic rings. The van der Waals surface area contributed by atoms with Crippen LogP contribution in [0.1, 0.15) is 17.3 Å². The maximum atomic E-state index is 12.9. The quantitative estimate of drug-likeness (QED) is 0.613. The molecule has 1 amide bonds. The third-order valence-corrected chi connectivity index (χ3v) is 4.56. The summed E-state index contributed by atoms with van der Waals surface area (Å²) in [5, 5.41) is 16.8. The zero-order chi connectivity index (χ0) is 20.8. The summed E-state index contributed by atoms with van der Waals surface area (Å²) in [6.07, 6.45) is 1.70. The van der Waals surface area contributed by atoms with Crippen LogP contribution in [-0.4, -0.2) is 48.2 Å². The average Bonchev–Trinajstić information content (AvgIpc) is 3.22. The van der Waals surface area contributed by atoms with Crippen LogP contribution in [-0.2, 0) is 0 Å². The lowest BCUT2D eigenvalue weighted by Gasteiger charge is -2.12. The first-order chi connectivity index (χ1) is 14.1. The van der Waals surface area contributed by atoms with Gasteiger partial charge in [0.05, 0.1) is 25.5 Å². The number of aliphatic hydroxyl groups excluding tert-OH is 1. The minimum Gasteiger partial charge on any atom is -0.497 e. The summed E-state index contributed by atoms with van der Waals surface area (Å²) in [6.45, 7) is 2.22. The van der Waals surface area contributed by atoms with Gasteiger partial charge in [0.2, 0.25) is 0 Å². The number of hydrogen-bond acceptors (Lipinski definition) is 5. The Hall–Kier alpha value is -3.32. The third-order valence-electron chi connectivity index (χ3n) is 4.56. The monoisotopic (exact) mass is 395 g/mol. The Bertz CT molecular complexity index is 969. The fourth-order valence-corrected chi connectivity index (χ4v) is 2.88. The summed E-state index contributed by atoms with van der Waals surface area (Å²) < 4.78 is 12.5. The number of carbonyl (C=O) groups excluding carboxylic acids is 1. The Balaban J connectivity index is 2.09. The molecule has 2 N–H and O–H groups in total. The van der Waals surface area contributed by atoms with Gasteiger partial charge in [-0.3, -0.25) is 4.79 Å². The molecule has 1 heterocycles. The van der Waals surface area contributed by atoms with Crippen molar-refractivity contribution in [3.63, 3.8) is 0 Å². The van der Waals surface area contributed by atoms with E-state index in [4.69, 9.17) is 9.47 Å². The number of aromatic nitrogens is 2. The topological polar surface area (TPSA) is 85.6 Å². The second-order valence-electron chi connectivity index (χ2n) is 6.74. The number of carbonyl (C=O) groups is 1. The van der Waals surface area contributed by atoms with Crippen molar-refractivity contribution >= 4 is 5.91 Å². The van der Waals surface area contributed by atoms with Crippen LogP contribution in [0.2, 0.25) is 0 Å². The summed E-state index contributed by atoms with van der Waals surface area (Å²) in [6, 6.07) is 14.9. The van der Waals surface area contributed by atoms with E-state index in [2.05, 4.69) is 10.4 Å². The molecule has 0 aliphatic carbocycles. The maximum Gasteiger partial charge on any atom is 0.255 e. The number of amides is 1. The van der Waals surface area contributed by atoms with Crippen LogP contribution in [0, 0.1) is 5.92 Å². The number of ether oxygens (including phenoxy) is 2. The number of para-hydroxylation sites is 1. The fourth-order valence-electron chi connectivity index (χ4n) is 2.88. The first-order valence-electron chi connectivity index (χ1n) is 9.34. The lowest BCUT2D eigenvalue weighted by molar-refractivity contribution is 0.0943. The Morgan fingerprint density at radius 3 is 2.59 bits per heavy atom. The number of nitrogens with one attached hydrogen (secondary N) is 1. The van der Waals surface area contributed by atoms with Crippen LogP contribution in [0.3, 0.4) is 0 Å². The molecule has 0 fully saturated rings. The van der Waals surface area contributed by atoms with E-state index < -0.39 is 0 Å². The van der Waals surface area contributed by atoms with Crippen molar-refractivity contribution in [1.29, 1.82) is 0 Å². The van der Waals surface area contributed by atoms with Crippen molar-refractivity contribution in [1.82, 2.24) is 15.1 Å². The average molecular weight is 395 g/mol. The maximum absolute atomic E-state index is 12.9. The van der Waals surface area contributed by atoms with Crippen molar-refractivity contribution in [2.45, 2.75) is 6.92 Å². The molecule has 3 rings (SSSR count). The Labute approximate surface area is 169 Å². The molecule has 0 saturated carbocycles. The molecule has 152 valence electrons. The largest absolute Gasteiger partial charge is 0.497 e. The van der Waals surface area contributed by atoms with E-state index in [9.17, 15) is 9.90 Å². The molecular weight excluding hydrogens is 370 g/mol. The van der Waals surface area contributed by atoms with Crippen LogP contribution in [0.5, 0.6) is 11.5 Å². The highest BCUT2D eigenvalue weighted by Gasteiger charge is 2.22. The van der Waals surface area contributed by atoms with Crippen LogP contribution < -0.4 is 14.8 Å². The summed E-state index contributed by atoms with van der Waals surface area (Å²) >= 11 is 0. The zero-order valence-electron chi connectivity index (χ0n) is 16.8. The highest BCUT2D eigenvalue weighted by atomic mass is 16.5. The summed E-state index contributed by atoms with van der Waals surface area (Å²) in [4.78, 5) is 12.9. The van der Waals surface area contributed by atoms with Gasteiger partial charge >= 0.3 is 0 Å². The third kappa shape index (κ3) is 4.57. The zero-order valence-corrected chi connectivity index (χ0v) is 16.8. The molecule has 0 aliphatic heterocycles. The van der Waals surface area contributed by atoms with Gasteiger partial charge in [0.15, 0.2) is 0 Å². The van der Waals surface area contributed by atoms with Gasteiger partial charge < -0.3 is 19.9 Å². The van der Waals surface area contributed by atoms with Crippen LogP contribution in [0.4, 0.5) is 0 Å². The van der Waals surface area contributed by atoms with Gasteiger partial charge in [-0.15, -0.1) is 0 Å². The van der Waals surface area contributed by atoms with Crippen LogP contribution in [0.25, 0.3) is 16.9 Å². The van der Waals surface area contributed by atoms with Crippen LogP contribution >= 0.6 is 0 Å². The Morgan fingerprint density at radius 1 is 1.17 bits per heavy atom. The minimum atomic E-state index is -0.271. The molecule has 0 aliphatic rings. The van der Waals surface area contributed by atoms with Gasteiger partial charge in [-0.1, -0.05) is 25.1 Å². The van der Waals surface area contributed by atoms with E-state index in [1.165, 1.54) is 0 Å². The lowest BCUT2D eigenvalue weighted by Crippen LogP contribution is -2.29. The lowest BCUT2D eigenvalue weighted by atomic mass is 10.1. The normalized spacial score (nSPS) is 11.7. The predicted octanol–water partition coefficient (Wildman–Crippen LogP) is 2.91. The predicted molar refractivity (Wildman–Crippen MR) is 111 cm³/mol. The van der Waals surface area contributed by atoms with Gasteiger partial charge in [-0.05, 0) is 36.2 Å². The number of aliphatic hydroxyl groups is 1. The highest BCUT2D eigenvalue weighted by Crippen LogP contribution is 2.35. The van der Waals surface area contributed by atoms with Crippen molar-refractivity contribution in [2.75, 3.05) is 27.4 Å². The Kier molecular flexibility index (Phi) is 6.51. The summed E-state index contributed by atoms with van der Waals surface area (Å²) in [5.74, 6) is 0.905. The summed E-state index contributed by atoms with van der Waals surface area (Å²) in [5.41, 5.74) is 2.38. The van der Waals surface area contributed by atoms with E-state index in [0.717, 1.165) is 5.69 Å². The van der Waals surface area contributed by atoms with Crippen molar-refractivity contribution < 1.29 is 19.4 Å². The SMILES string of the molecule is COc1ccc(OC)c(-c2nn(-c3ccccc3)cc2C(=O)NCC(C)CO)c1. The van der Waals surface area contributed by atoms with Crippen LogP contribution in [0.15, 0.2) is 54.7 Å². The minimum absolute atomic E-state index is 0.000120.